The molecule has 188 valence electrons. The van der Waals surface area contributed by atoms with E-state index < -0.39 is 5.60 Å². The molecule has 2 aliphatic heterocycles. The molecule has 1 unspecified atom stereocenters. The summed E-state index contributed by atoms with van der Waals surface area (Å²) in [7, 11) is 0. The third-order valence-electron chi connectivity index (χ3n) is 7.78. The Labute approximate surface area is 210 Å². The van der Waals surface area contributed by atoms with E-state index in [9.17, 15) is 5.11 Å². The van der Waals surface area contributed by atoms with Gasteiger partial charge in [-0.15, -0.1) is 0 Å². The van der Waals surface area contributed by atoms with E-state index in [0.29, 0.717) is 13.2 Å². The Morgan fingerprint density at radius 1 is 1.11 bits per heavy atom. The van der Waals surface area contributed by atoms with Gasteiger partial charge in [0.05, 0.1) is 40.9 Å². The summed E-state index contributed by atoms with van der Waals surface area (Å²) in [5.41, 5.74) is 3.73. The van der Waals surface area contributed by atoms with Crippen molar-refractivity contribution < 1.29 is 14.6 Å². The Kier molecular flexibility index (Phi) is 6.28. The lowest BCUT2D eigenvalue weighted by atomic mass is 9.79. The molecule has 0 spiro atoms. The molecule has 1 saturated carbocycles. The van der Waals surface area contributed by atoms with Crippen LogP contribution in [0.3, 0.4) is 0 Å². The zero-order valence-electron chi connectivity index (χ0n) is 20.7. The average molecular weight is 498 g/mol. The van der Waals surface area contributed by atoms with Crippen LogP contribution < -0.4 is 4.90 Å². The minimum Gasteiger partial charge on any atom is -0.385 e. The first-order valence-corrected chi connectivity index (χ1v) is 13.9. The molecule has 2 atom stereocenters. The molecular weight excluding hydrogens is 462 g/mol. The highest BCUT2D eigenvalue weighted by molar-refractivity contribution is 7.13. The number of aryl methyl sites for hydroxylation is 1. The van der Waals surface area contributed by atoms with Crippen molar-refractivity contribution in [3.05, 3.63) is 23.4 Å². The first-order chi connectivity index (χ1) is 17.0. The predicted molar refractivity (Wildman–Crippen MR) is 137 cm³/mol. The van der Waals surface area contributed by atoms with Crippen LogP contribution in [-0.2, 0) is 15.1 Å². The third-order valence-corrected chi connectivity index (χ3v) is 8.65. The molecule has 3 fully saturated rings. The number of morpholine rings is 1. The number of fused-ring (bicyclic) bond motifs is 1. The summed E-state index contributed by atoms with van der Waals surface area (Å²) in [4.78, 5) is 7.51. The number of aromatic nitrogens is 4. The van der Waals surface area contributed by atoms with Crippen LogP contribution in [0.5, 0.6) is 0 Å². The second kappa shape index (κ2) is 9.42. The highest BCUT2D eigenvalue weighted by Gasteiger charge is 2.36. The predicted octanol–water partition coefficient (Wildman–Crippen LogP) is 4.94. The van der Waals surface area contributed by atoms with Crippen LogP contribution in [0.1, 0.15) is 75.8 Å². The van der Waals surface area contributed by atoms with E-state index in [-0.39, 0.29) is 12.3 Å². The van der Waals surface area contributed by atoms with E-state index in [4.69, 9.17) is 23.9 Å². The largest absolute Gasteiger partial charge is 0.385 e. The van der Waals surface area contributed by atoms with Gasteiger partial charge in [0, 0.05) is 18.7 Å². The van der Waals surface area contributed by atoms with Gasteiger partial charge in [-0.2, -0.15) is 9.47 Å². The third kappa shape index (κ3) is 4.26. The molecule has 35 heavy (non-hydrogen) atoms. The zero-order valence-corrected chi connectivity index (χ0v) is 21.5. The molecule has 0 amide bonds. The maximum Gasteiger partial charge on any atom is 0.150 e. The van der Waals surface area contributed by atoms with Crippen LogP contribution in [-0.4, -0.2) is 56.7 Å². The molecule has 2 saturated heterocycles. The fourth-order valence-electron chi connectivity index (χ4n) is 5.87. The summed E-state index contributed by atoms with van der Waals surface area (Å²) < 4.78 is 19.7. The van der Waals surface area contributed by atoms with E-state index in [1.807, 2.05) is 11.6 Å². The number of rotatable bonds is 4. The average Bonchev–Trinajstić information content (AvgIpc) is 3.48. The van der Waals surface area contributed by atoms with Gasteiger partial charge in [-0.25, -0.2) is 9.67 Å². The fraction of sp³-hybridized carbons (Fsp3) is 0.654. The van der Waals surface area contributed by atoms with Crippen LogP contribution >= 0.6 is 11.5 Å². The maximum atomic E-state index is 11.8. The Morgan fingerprint density at radius 2 is 1.97 bits per heavy atom. The number of hydrogen-bond acceptors (Lipinski definition) is 8. The lowest BCUT2D eigenvalue weighted by Crippen LogP contribution is -2.44. The highest BCUT2D eigenvalue weighted by Crippen LogP contribution is 2.45. The van der Waals surface area contributed by atoms with E-state index in [0.717, 1.165) is 96.8 Å². The van der Waals surface area contributed by atoms with Gasteiger partial charge >= 0.3 is 0 Å². The van der Waals surface area contributed by atoms with E-state index in [1.165, 1.54) is 18.0 Å². The minimum atomic E-state index is -0.837. The van der Waals surface area contributed by atoms with Crippen molar-refractivity contribution in [2.45, 2.75) is 83.1 Å². The number of pyridine rings is 1. The molecule has 1 N–H and O–H groups in total. The molecule has 9 heteroatoms. The van der Waals surface area contributed by atoms with Crippen molar-refractivity contribution >= 4 is 27.6 Å². The van der Waals surface area contributed by atoms with Crippen LogP contribution in [0.15, 0.2) is 12.1 Å². The maximum absolute atomic E-state index is 11.8. The lowest BCUT2D eigenvalue weighted by Gasteiger charge is -2.36. The van der Waals surface area contributed by atoms with Gasteiger partial charge in [-0.3, -0.25) is 0 Å². The van der Waals surface area contributed by atoms with Crippen molar-refractivity contribution in [3.63, 3.8) is 0 Å². The molecule has 3 aromatic rings. The van der Waals surface area contributed by atoms with Gasteiger partial charge in [0.1, 0.15) is 17.0 Å². The Hall–Kier alpha value is -2.07. The van der Waals surface area contributed by atoms with Gasteiger partial charge in [-0.05, 0) is 69.6 Å². The molecule has 5 heterocycles. The number of nitrogens with zero attached hydrogens (tertiary/aromatic N) is 5. The second-order valence-corrected chi connectivity index (χ2v) is 11.2. The van der Waals surface area contributed by atoms with Crippen LogP contribution in [0.4, 0.5) is 5.82 Å². The van der Waals surface area contributed by atoms with E-state index >= 15 is 0 Å². The Bertz CT molecular complexity index is 1200. The molecule has 0 radical (unpaired) electrons. The Morgan fingerprint density at radius 3 is 2.74 bits per heavy atom. The van der Waals surface area contributed by atoms with E-state index in [2.05, 4.69) is 24.0 Å². The fourth-order valence-corrected chi connectivity index (χ4v) is 6.81. The molecule has 0 aromatic carbocycles. The number of anilines is 1. The van der Waals surface area contributed by atoms with Gasteiger partial charge in [0.2, 0.25) is 0 Å². The molecule has 8 nitrogen and oxygen atoms in total. The van der Waals surface area contributed by atoms with Crippen molar-refractivity contribution in [1.29, 1.82) is 0 Å². The van der Waals surface area contributed by atoms with Gasteiger partial charge in [-0.1, -0.05) is 19.3 Å². The van der Waals surface area contributed by atoms with Crippen molar-refractivity contribution in [3.8, 4) is 11.4 Å². The second-order valence-electron chi connectivity index (χ2n) is 10.4. The van der Waals surface area contributed by atoms with Crippen LogP contribution in [0.25, 0.3) is 21.6 Å². The number of hydrogen-bond donors (Lipinski definition) is 1. The minimum absolute atomic E-state index is 0.0753. The van der Waals surface area contributed by atoms with Crippen molar-refractivity contribution in [1.82, 2.24) is 19.1 Å². The standard InChI is InChI=1S/C26H35N5O3S/c1-17-14-20(31(28-17)22-8-4-7-12-34-22)23-24-25(35-29-23)19(26(32)9-5-3-6-10-26)15-21(27-24)30-11-13-33-16-18(30)2/h14-15,18,22,32H,3-13,16H2,1-2H3/t18-,22?/m1/s1. The summed E-state index contributed by atoms with van der Waals surface area (Å²) in [6.07, 6.45) is 7.93. The zero-order chi connectivity index (χ0) is 24.0. The van der Waals surface area contributed by atoms with Gasteiger partial charge < -0.3 is 19.5 Å². The van der Waals surface area contributed by atoms with Gasteiger partial charge in [0.15, 0.2) is 6.23 Å². The Balaban J connectivity index is 1.52. The summed E-state index contributed by atoms with van der Waals surface area (Å²) in [5, 5.41) is 16.6. The molecule has 3 aromatic heterocycles. The summed E-state index contributed by atoms with van der Waals surface area (Å²) in [5.74, 6) is 0.903. The van der Waals surface area contributed by atoms with E-state index in [1.54, 1.807) is 0 Å². The number of aliphatic hydroxyl groups is 1. The highest BCUT2D eigenvalue weighted by atomic mass is 32.1. The van der Waals surface area contributed by atoms with Crippen molar-refractivity contribution in [2.75, 3.05) is 31.3 Å². The smallest absolute Gasteiger partial charge is 0.150 e. The molecule has 0 bridgehead atoms. The molecule has 1 aliphatic carbocycles. The van der Waals surface area contributed by atoms with Crippen molar-refractivity contribution in [2.24, 2.45) is 0 Å². The van der Waals surface area contributed by atoms with Crippen LogP contribution in [0.2, 0.25) is 0 Å². The normalized spacial score (nSPS) is 25.3. The van der Waals surface area contributed by atoms with Gasteiger partial charge in [0.25, 0.3) is 0 Å². The first-order valence-electron chi connectivity index (χ1n) is 13.1. The topological polar surface area (TPSA) is 85.5 Å². The molecule has 3 aliphatic rings. The molecule has 6 rings (SSSR count). The van der Waals surface area contributed by atoms with Crippen LogP contribution in [0, 0.1) is 6.92 Å². The first kappa shape index (κ1) is 23.3. The number of ether oxygens (including phenoxy) is 2. The summed E-state index contributed by atoms with van der Waals surface area (Å²) in [6.45, 7) is 7.10. The quantitative estimate of drug-likeness (QED) is 0.546. The summed E-state index contributed by atoms with van der Waals surface area (Å²) >= 11 is 1.45. The molecular formula is C26H35N5O3S. The monoisotopic (exact) mass is 497 g/mol. The summed E-state index contributed by atoms with van der Waals surface area (Å²) in [6, 6.07) is 4.44. The lowest BCUT2D eigenvalue weighted by molar-refractivity contribution is -0.0385. The SMILES string of the molecule is Cc1cc(-c2nsc3c(C4(O)CCCCC4)cc(N4CCOC[C@H]4C)nc23)n(C2CCCCO2)n1.